The number of carbonyl (C=O) groups is 1. The van der Waals surface area contributed by atoms with Gasteiger partial charge in [0.2, 0.25) is 11.9 Å². The fraction of sp³-hybridized carbons (Fsp3) is 0.400. The SMILES string of the molecule is Cc1cc(C)n(-c2nc3c(c(=O)n2-c2ncc(OC4CC(C)C4)cn2)CC(C)N(C(=O)c2ccc(Br)c(C)c2)C3)n1. The largest absolute Gasteiger partial charge is 0.487 e. The molecule has 1 fully saturated rings. The van der Waals surface area contributed by atoms with Gasteiger partial charge in [-0.3, -0.25) is 9.59 Å². The third-order valence-corrected chi connectivity index (χ3v) is 8.80. The van der Waals surface area contributed by atoms with Crippen LogP contribution < -0.4 is 10.3 Å². The minimum Gasteiger partial charge on any atom is -0.487 e. The van der Waals surface area contributed by atoms with E-state index in [1.807, 2.05) is 52.0 Å². The van der Waals surface area contributed by atoms with E-state index in [0.717, 1.165) is 34.3 Å². The van der Waals surface area contributed by atoms with Gasteiger partial charge in [0.15, 0.2) is 5.75 Å². The van der Waals surface area contributed by atoms with E-state index in [0.29, 0.717) is 34.9 Å². The molecule has 212 valence electrons. The van der Waals surface area contributed by atoms with Crippen molar-refractivity contribution in [2.75, 3.05) is 0 Å². The van der Waals surface area contributed by atoms with E-state index in [9.17, 15) is 9.59 Å². The Morgan fingerprint density at radius 1 is 1.07 bits per heavy atom. The van der Waals surface area contributed by atoms with Crippen LogP contribution in [0.2, 0.25) is 0 Å². The van der Waals surface area contributed by atoms with E-state index in [2.05, 4.69) is 37.9 Å². The average molecular weight is 619 g/mol. The topological polar surface area (TPSA) is 108 Å². The van der Waals surface area contributed by atoms with Gasteiger partial charge in [0, 0.05) is 27.3 Å². The van der Waals surface area contributed by atoms with E-state index in [-0.39, 0.29) is 42.1 Å². The third kappa shape index (κ3) is 5.07. The van der Waals surface area contributed by atoms with Gasteiger partial charge < -0.3 is 9.64 Å². The van der Waals surface area contributed by atoms with E-state index < -0.39 is 0 Å². The van der Waals surface area contributed by atoms with Gasteiger partial charge in [0.1, 0.15) is 0 Å². The first kappa shape index (κ1) is 27.3. The summed E-state index contributed by atoms with van der Waals surface area (Å²) in [6, 6.07) is 7.28. The van der Waals surface area contributed by atoms with Crippen LogP contribution in [0.4, 0.5) is 0 Å². The first-order chi connectivity index (χ1) is 19.6. The molecule has 2 aliphatic rings. The number of nitrogens with zero attached hydrogens (tertiary/aromatic N) is 7. The molecule has 6 rings (SSSR count). The summed E-state index contributed by atoms with van der Waals surface area (Å²) in [6.07, 6.45) is 5.76. The lowest BCUT2D eigenvalue weighted by molar-refractivity contribution is 0.0652. The molecule has 0 radical (unpaired) electrons. The van der Waals surface area contributed by atoms with Crippen molar-refractivity contribution < 1.29 is 9.53 Å². The molecule has 41 heavy (non-hydrogen) atoms. The van der Waals surface area contributed by atoms with Crippen molar-refractivity contribution in [2.45, 2.75) is 72.6 Å². The van der Waals surface area contributed by atoms with E-state index >= 15 is 0 Å². The molecule has 4 heterocycles. The molecule has 10 nitrogen and oxygen atoms in total. The first-order valence-electron chi connectivity index (χ1n) is 13.8. The van der Waals surface area contributed by atoms with Crippen LogP contribution in [0.3, 0.4) is 0 Å². The minimum atomic E-state index is -0.266. The minimum absolute atomic E-state index is 0.0998. The van der Waals surface area contributed by atoms with Gasteiger partial charge >= 0.3 is 0 Å². The zero-order valence-corrected chi connectivity index (χ0v) is 25.3. The quantitative estimate of drug-likeness (QED) is 0.320. The molecule has 0 bridgehead atoms. The monoisotopic (exact) mass is 617 g/mol. The number of ether oxygens (including phenoxy) is 1. The van der Waals surface area contributed by atoms with Crippen molar-refractivity contribution in [2.24, 2.45) is 5.92 Å². The smallest absolute Gasteiger partial charge is 0.265 e. The number of hydrogen-bond acceptors (Lipinski definition) is 7. The maximum absolute atomic E-state index is 14.1. The lowest BCUT2D eigenvalue weighted by Crippen LogP contribution is -2.46. The molecule has 0 saturated heterocycles. The molecular weight excluding hydrogens is 586 g/mol. The van der Waals surface area contributed by atoms with Crippen molar-refractivity contribution in [3.05, 3.63) is 85.3 Å². The van der Waals surface area contributed by atoms with Gasteiger partial charge in [-0.05, 0) is 82.7 Å². The third-order valence-electron chi connectivity index (χ3n) is 7.91. The summed E-state index contributed by atoms with van der Waals surface area (Å²) in [6.45, 7) is 10.1. The van der Waals surface area contributed by atoms with E-state index in [1.165, 1.54) is 4.57 Å². The standard InChI is InChI=1S/C30H32BrN7O3/c1-16-8-22(9-16)41-23-13-32-29(33-14-23)37-28(40)24-12-19(4)36(27(39)21-6-7-25(31)17(2)10-21)15-26(24)34-30(37)38-20(5)11-18(3)35-38/h6-7,10-11,13-14,16,19,22H,8-9,12,15H2,1-5H3. The molecule has 1 aliphatic heterocycles. The Labute approximate surface area is 246 Å². The summed E-state index contributed by atoms with van der Waals surface area (Å²) in [5.74, 6) is 1.61. The molecule has 0 N–H and O–H groups in total. The second kappa shape index (κ2) is 10.5. The molecule has 1 aromatic carbocycles. The summed E-state index contributed by atoms with van der Waals surface area (Å²) < 4.78 is 9.97. The molecule has 1 amide bonds. The van der Waals surface area contributed by atoms with Crippen LogP contribution >= 0.6 is 15.9 Å². The summed E-state index contributed by atoms with van der Waals surface area (Å²) in [4.78, 5) is 43.4. The number of amides is 1. The van der Waals surface area contributed by atoms with Crippen LogP contribution in [0, 0.1) is 26.7 Å². The van der Waals surface area contributed by atoms with Crippen molar-refractivity contribution in [1.82, 2.24) is 34.2 Å². The Morgan fingerprint density at radius 3 is 2.44 bits per heavy atom. The number of aromatic nitrogens is 6. The summed E-state index contributed by atoms with van der Waals surface area (Å²) >= 11 is 3.50. The molecule has 0 spiro atoms. The van der Waals surface area contributed by atoms with Gasteiger partial charge in [-0.1, -0.05) is 22.9 Å². The highest BCUT2D eigenvalue weighted by atomic mass is 79.9. The molecule has 11 heteroatoms. The van der Waals surface area contributed by atoms with Crippen LogP contribution in [0.5, 0.6) is 5.75 Å². The number of aryl methyl sites for hydroxylation is 3. The van der Waals surface area contributed by atoms with E-state index in [4.69, 9.17) is 9.72 Å². The van der Waals surface area contributed by atoms with Crippen LogP contribution in [0.15, 0.2) is 45.9 Å². The molecule has 1 aliphatic carbocycles. The fourth-order valence-corrected chi connectivity index (χ4v) is 5.86. The summed E-state index contributed by atoms with van der Waals surface area (Å²) in [5.41, 5.74) is 4.01. The maximum Gasteiger partial charge on any atom is 0.265 e. The number of fused-ring (bicyclic) bond motifs is 1. The summed E-state index contributed by atoms with van der Waals surface area (Å²) in [7, 11) is 0. The van der Waals surface area contributed by atoms with Crippen LogP contribution in [0.25, 0.3) is 11.9 Å². The lowest BCUT2D eigenvalue weighted by atomic mass is 9.84. The second-order valence-corrected chi connectivity index (χ2v) is 12.2. The number of hydrogen-bond donors (Lipinski definition) is 0. The predicted molar refractivity (Wildman–Crippen MR) is 157 cm³/mol. The second-order valence-electron chi connectivity index (χ2n) is 11.3. The molecule has 1 saturated carbocycles. The highest BCUT2D eigenvalue weighted by Crippen LogP contribution is 2.30. The average Bonchev–Trinajstić information content (AvgIpc) is 3.27. The van der Waals surface area contributed by atoms with Crippen molar-refractivity contribution in [3.8, 4) is 17.6 Å². The predicted octanol–water partition coefficient (Wildman–Crippen LogP) is 4.66. The van der Waals surface area contributed by atoms with Gasteiger partial charge in [-0.2, -0.15) is 5.10 Å². The highest BCUT2D eigenvalue weighted by molar-refractivity contribution is 9.10. The number of halogens is 1. The normalized spacial score (nSPS) is 20.0. The Kier molecular flexibility index (Phi) is 7.01. The zero-order chi connectivity index (χ0) is 29.0. The maximum atomic E-state index is 14.1. The number of rotatable bonds is 5. The van der Waals surface area contributed by atoms with Gasteiger partial charge in [-0.15, -0.1) is 0 Å². The first-order valence-corrected chi connectivity index (χ1v) is 14.6. The molecule has 1 atom stereocenters. The van der Waals surface area contributed by atoms with Crippen LogP contribution in [-0.4, -0.2) is 52.3 Å². The van der Waals surface area contributed by atoms with Crippen LogP contribution in [0.1, 0.15) is 65.3 Å². The Balaban J connectivity index is 1.41. The van der Waals surface area contributed by atoms with E-state index in [1.54, 1.807) is 22.0 Å². The fourth-order valence-electron chi connectivity index (χ4n) is 5.62. The van der Waals surface area contributed by atoms with Gasteiger partial charge in [-0.25, -0.2) is 24.2 Å². The van der Waals surface area contributed by atoms with Crippen molar-refractivity contribution >= 4 is 21.8 Å². The number of benzene rings is 1. The Morgan fingerprint density at radius 2 is 1.80 bits per heavy atom. The zero-order valence-electron chi connectivity index (χ0n) is 23.8. The molecule has 1 unspecified atom stereocenters. The lowest BCUT2D eigenvalue weighted by Gasteiger charge is -2.34. The van der Waals surface area contributed by atoms with Crippen LogP contribution in [-0.2, 0) is 13.0 Å². The number of carbonyl (C=O) groups excluding carboxylic acids is 1. The highest BCUT2D eigenvalue weighted by Gasteiger charge is 2.33. The summed E-state index contributed by atoms with van der Waals surface area (Å²) in [5, 5.41) is 4.60. The van der Waals surface area contributed by atoms with Gasteiger partial charge in [0.05, 0.1) is 36.4 Å². The Bertz CT molecular complexity index is 1710. The molecule has 4 aromatic rings. The molecule has 3 aromatic heterocycles. The van der Waals surface area contributed by atoms with Crippen molar-refractivity contribution in [1.29, 1.82) is 0 Å². The Hall–Kier alpha value is -3.86. The van der Waals surface area contributed by atoms with Gasteiger partial charge in [0.25, 0.3) is 11.5 Å². The molecular formula is C30H32BrN7O3. The van der Waals surface area contributed by atoms with Crippen molar-refractivity contribution in [3.63, 3.8) is 0 Å².